The summed E-state index contributed by atoms with van der Waals surface area (Å²) in [4.78, 5) is 20.5. The number of rotatable bonds is 5. The average molecular weight is 342 g/mol. The Morgan fingerprint density at radius 2 is 1.83 bits per heavy atom. The molecule has 5 heteroatoms. The van der Waals surface area contributed by atoms with E-state index in [1.807, 2.05) is 19.1 Å². The van der Waals surface area contributed by atoms with Crippen LogP contribution < -0.4 is 4.74 Å². The van der Waals surface area contributed by atoms with E-state index in [0.29, 0.717) is 5.75 Å². The molecule has 0 aliphatic carbocycles. The van der Waals surface area contributed by atoms with E-state index >= 15 is 0 Å². The van der Waals surface area contributed by atoms with Crippen molar-refractivity contribution in [2.24, 2.45) is 0 Å². The molecule has 0 saturated heterocycles. The van der Waals surface area contributed by atoms with E-state index in [1.165, 1.54) is 12.8 Å². The largest absolute Gasteiger partial charge is 0.424 e. The minimum Gasteiger partial charge on any atom is -0.424 e. The van der Waals surface area contributed by atoms with Gasteiger partial charge in [-0.25, -0.2) is 4.79 Å². The fourth-order valence-corrected chi connectivity index (χ4v) is 1.89. The summed E-state index contributed by atoms with van der Waals surface area (Å²) in [5, 5.41) is 0. The molecule has 0 heterocycles. The summed E-state index contributed by atoms with van der Waals surface area (Å²) in [7, 11) is -0.725. The zero-order chi connectivity index (χ0) is 18.0. The minimum atomic E-state index is -0.780. The van der Waals surface area contributed by atoms with Gasteiger partial charge in [0.25, 0.3) is 0 Å². The van der Waals surface area contributed by atoms with Crippen molar-refractivity contribution in [1.29, 1.82) is 0 Å². The van der Waals surface area contributed by atoms with E-state index < -0.39 is 21.1 Å². The van der Waals surface area contributed by atoms with Crippen LogP contribution in [0.25, 0.3) is 0 Å². The Morgan fingerprint density at radius 1 is 1.26 bits per heavy atom. The Kier molecular flexibility index (Phi) is 10.3. The smallest absolute Gasteiger partial charge is 0.340 e. The van der Waals surface area contributed by atoms with Crippen LogP contribution in [0.15, 0.2) is 18.2 Å². The van der Waals surface area contributed by atoms with Crippen molar-refractivity contribution in [2.75, 3.05) is 0 Å². The van der Waals surface area contributed by atoms with Crippen molar-refractivity contribution in [1.82, 2.24) is 0 Å². The molecule has 4 nitrogen and oxygen atoms in total. The molecule has 1 aromatic carbocycles. The highest BCUT2D eigenvalue weighted by Gasteiger charge is 2.23. The lowest BCUT2D eigenvalue weighted by Crippen LogP contribution is -2.25. The third-order valence-electron chi connectivity index (χ3n) is 3.22. The number of unbranched alkanes of at least 4 members (excludes halogenated alkanes) is 1. The van der Waals surface area contributed by atoms with Gasteiger partial charge in [0.2, 0.25) is 0 Å². The molecule has 23 heavy (non-hydrogen) atoms. The van der Waals surface area contributed by atoms with E-state index in [-0.39, 0.29) is 5.41 Å². The average Bonchev–Trinajstić information content (AvgIpc) is 2.48. The molecular formula is C18H31O4P. The van der Waals surface area contributed by atoms with Crippen molar-refractivity contribution in [3.05, 3.63) is 29.3 Å². The predicted octanol–water partition coefficient (Wildman–Crippen LogP) is 4.91. The molecule has 0 fully saturated rings. The van der Waals surface area contributed by atoms with Crippen molar-refractivity contribution >= 4 is 15.0 Å². The molecule has 1 rings (SSSR count). The molecule has 1 N–H and O–H groups in total. The highest BCUT2D eigenvalue weighted by atomic mass is 31.1. The van der Waals surface area contributed by atoms with E-state index in [0.717, 1.165) is 11.1 Å². The maximum absolute atomic E-state index is 11.8. The van der Waals surface area contributed by atoms with E-state index in [9.17, 15) is 4.79 Å². The van der Waals surface area contributed by atoms with Gasteiger partial charge in [0.1, 0.15) is 5.75 Å². The molecule has 2 unspecified atom stereocenters. The van der Waals surface area contributed by atoms with Gasteiger partial charge in [-0.15, -0.1) is 0 Å². The zero-order valence-electron chi connectivity index (χ0n) is 15.4. The molecular weight excluding hydrogens is 311 g/mol. The third-order valence-corrected chi connectivity index (χ3v) is 3.67. The van der Waals surface area contributed by atoms with Gasteiger partial charge in [-0.2, -0.15) is 0 Å². The number of benzene rings is 1. The van der Waals surface area contributed by atoms with Crippen LogP contribution in [-0.2, 0) is 14.7 Å². The first-order valence-corrected chi connectivity index (χ1v) is 8.90. The second-order valence-electron chi connectivity index (χ2n) is 6.52. The fourth-order valence-electron chi connectivity index (χ4n) is 1.64. The molecule has 132 valence electrons. The maximum Gasteiger partial charge on any atom is 0.340 e. The molecule has 0 bridgehead atoms. The summed E-state index contributed by atoms with van der Waals surface area (Å²) in [6.07, 6.45) is 1.86. The van der Waals surface area contributed by atoms with Crippen LogP contribution in [0, 0.1) is 6.92 Å². The van der Waals surface area contributed by atoms with Crippen LogP contribution >= 0.6 is 9.03 Å². The summed E-state index contributed by atoms with van der Waals surface area (Å²) >= 11 is 0. The van der Waals surface area contributed by atoms with Crippen molar-refractivity contribution in [3.8, 4) is 5.75 Å². The van der Waals surface area contributed by atoms with Crippen molar-refractivity contribution in [2.45, 2.75) is 72.8 Å². The number of hydrogen-bond acceptors (Lipinski definition) is 4. The second kappa shape index (κ2) is 10.7. The molecule has 0 radical (unpaired) electrons. The van der Waals surface area contributed by atoms with E-state index in [2.05, 4.69) is 34.6 Å². The van der Waals surface area contributed by atoms with Gasteiger partial charge in [0, 0.05) is 5.56 Å². The van der Waals surface area contributed by atoms with Gasteiger partial charge < -0.3 is 14.2 Å². The second-order valence-corrected chi connectivity index (χ2v) is 6.94. The van der Waals surface area contributed by atoms with Gasteiger partial charge in [-0.05, 0) is 25.3 Å². The molecule has 0 spiro atoms. The number of ether oxygens (including phenoxy) is 1. The fraction of sp³-hybridized carbons (Fsp3) is 0.611. The highest BCUT2D eigenvalue weighted by molar-refractivity contribution is 7.25. The van der Waals surface area contributed by atoms with Crippen LogP contribution in [-0.4, -0.2) is 17.0 Å². The molecule has 0 saturated carbocycles. The number of carbonyl (C=O) groups is 1. The molecule has 0 aromatic heterocycles. The molecule has 1 aromatic rings. The zero-order valence-corrected chi connectivity index (χ0v) is 16.4. The van der Waals surface area contributed by atoms with Gasteiger partial charge in [-0.3, -0.25) is 0 Å². The molecule has 0 amide bonds. The third kappa shape index (κ3) is 8.45. The van der Waals surface area contributed by atoms with Crippen molar-refractivity contribution < 1.29 is 18.9 Å². The number of carbonyl (C=O) groups excluding carboxylic acids is 1. The topological polar surface area (TPSA) is 55.8 Å². The summed E-state index contributed by atoms with van der Waals surface area (Å²) in [5.74, 6) is 0.0377. The summed E-state index contributed by atoms with van der Waals surface area (Å²) in [6, 6.07) is 5.71. The van der Waals surface area contributed by atoms with Crippen LogP contribution in [0.1, 0.15) is 65.5 Å². The van der Waals surface area contributed by atoms with Gasteiger partial charge >= 0.3 is 5.97 Å². The Bertz CT molecular complexity index is 478. The predicted molar refractivity (Wildman–Crippen MR) is 97.2 cm³/mol. The minimum absolute atomic E-state index is 0.121. The number of aryl methyl sites for hydroxylation is 1. The Morgan fingerprint density at radius 3 is 2.26 bits per heavy atom. The Labute approximate surface area is 142 Å². The normalized spacial score (nSPS) is 12.7. The Balaban J connectivity index is 0.00000108. The lowest BCUT2D eigenvalue weighted by molar-refractivity contribution is -0.141. The van der Waals surface area contributed by atoms with Crippen LogP contribution in [0.2, 0.25) is 0 Å². The highest BCUT2D eigenvalue weighted by Crippen LogP contribution is 2.32. The van der Waals surface area contributed by atoms with Crippen molar-refractivity contribution in [3.63, 3.8) is 0 Å². The Hall–Kier alpha value is -0.960. The first-order valence-electron chi connectivity index (χ1n) is 8.04. The standard InChI is InChI=1S/C14H21O4P.C4H10/c1-9-6-7-12(11(8-9)14(3,4)5)17-13(15)10(2)18-19-16;1-3-4-2/h6-8,10,16,19H,1-5H3;3-4H2,1-2H3. The first-order chi connectivity index (χ1) is 10.7. The number of hydrogen-bond donors (Lipinski definition) is 1. The van der Waals surface area contributed by atoms with Crippen LogP contribution in [0.5, 0.6) is 5.75 Å². The molecule has 0 aliphatic rings. The van der Waals surface area contributed by atoms with E-state index in [1.54, 1.807) is 13.0 Å². The van der Waals surface area contributed by atoms with E-state index in [4.69, 9.17) is 14.2 Å². The monoisotopic (exact) mass is 342 g/mol. The summed E-state index contributed by atoms with van der Waals surface area (Å²) in [5.41, 5.74) is 1.97. The maximum atomic E-state index is 11.8. The van der Waals surface area contributed by atoms with Crippen LogP contribution in [0.3, 0.4) is 0 Å². The quantitative estimate of drug-likeness (QED) is 0.469. The van der Waals surface area contributed by atoms with Gasteiger partial charge in [0.05, 0.1) is 0 Å². The lowest BCUT2D eigenvalue weighted by atomic mass is 9.85. The van der Waals surface area contributed by atoms with Gasteiger partial charge in [-0.1, -0.05) is 65.2 Å². The van der Waals surface area contributed by atoms with Gasteiger partial charge in [0.15, 0.2) is 15.1 Å². The molecule has 0 aliphatic heterocycles. The molecule has 2 atom stereocenters. The summed E-state index contributed by atoms with van der Waals surface area (Å²) in [6.45, 7) is 14.1. The number of esters is 1. The first kappa shape index (κ1) is 22.0. The lowest BCUT2D eigenvalue weighted by Gasteiger charge is -2.23. The SMILES string of the molecule is CCCC.Cc1ccc(OC(=O)C(C)OPO)c(C(C)(C)C)c1. The van der Waals surface area contributed by atoms with Crippen LogP contribution in [0.4, 0.5) is 0 Å². The summed E-state index contributed by atoms with van der Waals surface area (Å²) < 4.78 is 10.2.